The molecule has 0 radical (unpaired) electrons. The first-order chi connectivity index (χ1) is 11.8. The van der Waals surface area contributed by atoms with Gasteiger partial charge >= 0.3 is 6.09 Å². The topological polar surface area (TPSA) is 84.7 Å². The van der Waals surface area contributed by atoms with Gasteiger partial charge in [-0.3, -0.25) is 10.1 Å². The smallest absolute Gasteiger partial charge is 0.407 e. The lowest BCUT2D eigenvalue weighted by atomic mass is 10.0. The summed E-state index contributed by atoms with van der Waals surface area (Å²) in [6, 6.07) is 4.99. The molecule has 1 aromatic carbocycles. The highest BCUT2D eigenvalue weighted by atomic mass is 16.6. The molecule has 1 saturated heterocycles. The van der Waals surface area contributed by atoms with Crippen LogP contribution in [0.3, 0.4) is 0 Å². The van der Waals surface area contributed by atoms with E-state index in [1.54, 1.807) is 12.1 Å². The van der Waals surface area contributed by atoms with Gasteiger partial charge in [0.25, 0.3) is 5.69 Å². The average molecular weight is 349 g/mol. The van der Waals surface area contributed by atoms with Crippen molar-refractivity contribution in [3.05, 3.63) is 33.9 Å². The van der Waals surface area contributed by atoms with E-state index in [1.165, 1.54) is 6.42 Å². The zero-order chi connectivity index (χ0) is 18.4. The van der Waals surface area contributed by atoms with Crippen LogP contribution in [0.5, 0.6) is 0 Å². The van der Waals surface area contributed by atoms with Crippen molar-refractivity contribution in [3.8, 4) is 0 Å². The van der Waals surface area contributed by atoms with Gasteiger partial charge in [0.15, 0.2) is 0 Å². The van der Waals surface area contributed by atoms with Crippen molar-refractivity contribution in [1.82, 2.24) is 5.32 Å². The van der Waals surface area contributed by atoms with Crippen LogP contribution in [-0.2, 0) is 11.2 Å². The van der Waals surface area contributed by atoms with Gasteiger partial charge in [-0.2, -0.15) is 0 Å². The predicted molar refractivity (Wildman–Crippen MR) is 97.1 cm³/mol. The van der Waals surface area contributed by atoms with Crippen LogP contribution in [0.1, 0.15) is 45.6 Å². The number of anilines is 1. The monoisotopic (exact) mass is 349 g/mol. The van der Waals surface area contributed by atoms with Crippen LogP contribution in [0.2, 0.25) is 0 Å². The molecule has 7 nitrogen and oxygen atoms in total. The second-order valence-corrected chi connectivity index (χ2v) is 7.30. The number of piperidine rings is 1. The summed E-state index contributed by atoms with van der Waals surface area (Å²) in [5.74, 6) is 0. The molecule has 1 heterocycles. The van der Waals surface area contributed by atoms with Crippen LogP contribution in [0.4, 0.5) is 16.2 Å². The van der Waals surface area contributed by atoms with Crippen LogP contribution in [0, 0.1) is 10.1 Å². The van der Waals surface area contributed by atoms with E-state index in [1.807, 2.05) is 26.8 Å². The van der Waals surface area contributed by atoms with E-state index in [0.29, 0.717) is 13.0 Å². The molecule has 1 aliphatic rings. The number of nitrogens with zero attached hydrogens (tertiary/aromatic N) is 2. The second kappa shape index (κ2) is 8.18. The number of nitro benzene ring substituents is 1. The number of hydrogen-bond donors (Lipinski definition) is 1. The van der Waals surface area contributed by atoms with E-state index < -0.39 is 11.7 Å². The van der Waals surface area contributed by atoms with Gasteiger partial charge in [0.05, 0.1) is 4.92 Å². The standard InChI is InChI=1S/C18H27N3O4/c1-18(2,3)25-17(22)19-10-9-14-13-15(21(23)24)7-8-16(14)20-11-5-4-6-12-20/h7-8,13H,4-6,9-12H2,1-3H3,(H,19,22). The summed E-state index contributed by atoms with van der Waals surface area (Å²) in [5, 5.41) is 13.8. The van der Waals surface area contributed by atoms with Crippen molar-refractivity contribution < 1.29 is 14.5 Å². The van der Waals surface area contributed by atoms with Gasteiger partial charge in [-0.15, -0.1) is 0 Å². The molecule has 0 atom stereocenters. The Hall–Kier alpha value is -2.31. The summed E-state index contributed by atoms with van der Waals surface area (Å²) in [6.07, 6.45) is 3.53. The first-order valence-electron chi connectivity index (χ1n) is 8.75. The Morgan fingerprint density at radius 1 is 1.28 bits per heavy atom. The highest BCUT2D eigenvalue weighted by Crippen LogP contribution is 2.28. The number of carbonyl (C=O) groups is 1. The zero-order valence-electron chi connectivity index (χ0n) is 15.2. The normalized spacial score (nSPS) is 14.9. The number of amides is 1. The minimum atomic E-state index is -0.547. The molecule has 1 N–H and O–H groups in total. The van der Waals surface area contributed by atoms with Crippen LogP contribution >= 0.6 is 0 Å². The van der Waals surface area contributed by atoms with Gasteiger partial charge in [0, 0.05) is 37.5 Å². The van der Waals surface area contributed by atoms with E-state index >= 15 is 0 Å². The number of carbonyl (C=O) groups excluding carboxylic acids is 1. The number of rotatable bonds is 5. The third-order valence-electron chi connectivity index (χ3n) is 4.03. The molecule has 0 saturated carbocycles. The van der Waals surface area contributed by atoms with Crippen molar-refractivity contribution >= 4 is 17.5 Å². The maximum atomic E-state index is 11.8. The van der Waals surface area contributed by atoms with Gasteiger partial charge < -0.3 is 15.0 Å². The molecule has 138 valence electrons. The fraction of sp³-hybridized carbons (Fsp3) is 0.611. The van der Waals surface area contributed by atoms with Gasteiger partial charge in [0.1, 0.15) is 5.60 Å². The quantitative estimate of drug-likeness (QED) is 0.648. The highest BCUT2D eigenvalue weighted by Gasteiger charge is 2.19. The highest BCUT2D eigenvalue weighted by molar-refractivity contribution is 5.67. The third kappa shape index (κ3) is 5.92. The van der Waals surface area contributed by atoms with Gasteiger partial charge in [-0.1, -0.05) is 0 Å². The number of ether oxygens (including phenoxy) is 1. The molecular formula is C18H27N3O4. The summed E-state index contributed by atoms with van der Waals surface area (Å²) in [7, 11) is 0. The van der Waals surface area contributed by atoms with Gasteiger partial charge in [-0.05, 0) is 58.1 Å². The minimum absolute atomic E-state index is 0.0769. The van der Waals surface area contributed by atoms with Gasteiger partial charge in [-0.25, -0.2) is 4.79 Å². The number of alkyl carbamates (subject to hydrolysis) is 1. The Labute approximate surface area is 148 Å². The Kier molecular flexibility index (Phi) is 6.22. The van der Waals surface area contributed by atoms with E-state index in [4.69, 9.17) is 4.74 Å². The number of nitro groups is 1. The van der Waals surface area contributed by atoms with Crippen molar-refractivity contribution in [2.75, 3.05) is 24.5 Å². The number of non-ortho nitro benzene ring substituents is 1. The Morgan fingerprint density at radius 2 is 1.96 bits per heavy atom. The molecule has 1 aliphatic heterocycles. The van der Waals surface area contributed by atoms with E-state index in [9.17, 15) is 14.9 Å². The lowest BCUT2D eigenvalue weighted by Crippen LogP contribution is -2.34. The summed E-state index contributed by atoms with van der Waals surface area (Å²) in [4.78, 5) is 24.7. The van der Waals surface area contributed by atoms with Crippen LogP contribution in [0.25, 0.3) is 0 Å². The minimum Gasteiger partial charge on any atom is -0.444 e. The number of benzene rings is 1. The first kappa shape index (κ1) is 19.0. The molecule has 0 spiro atoms. The largest absolute Gasteiger partial charge is 0.444 e. The predicted octanol–water partition coefficient (Wildman–Crippen LogP) is 3.65. The molecule has 1 amide bonds. The molecule has 1 fully saturated rings. The molecule has 2 rings (SSSR count). The zero-order valence-corrected chi connectivity index (χ0v) is 15.2. The maximum Gasteiger partial charge on any atom is 0.407 e. The molecular weight excluding hydrogens is 322 g/mol. The van der Waals surface area contributed by atoms with Gasteiger partial charge in [0.2, 0.25) is 0 Å². The number of hydrogen-bond acceptors (Lipinski definition) is 5. The van der Waals surface area contributed by atoms with Crippen LogP contribution in [-0.4, -0.2) is 36.3 Å². The number of nitrogens with one attached hydrogen (secondary N) is 1. The fourth-order valence-corrected chi connectivity index (χ4v) is 2.94. The van der Waals surface area contributed by atoms with Crippen molar-refractivity contribution in [2.45, 2.75) is 52.1 Å². The van der Waals surface area contributed by atoms with Crippen LogP contribution < -0.4 is 10.2 Å². The first-order valence-corrected chi connectivity index (χ1v) is 8.75. The second-order valence-electron chi connectivity index (χ2n) is 7.30. The molecule has 7 heteroatoms. The van der Waals surface area contributed by atoms with Crippen molar-refractivity contribution in [3.63, 3.8) is 0 Å². The summed E-state index contributed by atoms with van der Waals surface area (Å²) < 4.78 is 5.22. The third-order valence-corrected chi connectivity index (χ3v) is 4.03. The van der Waals surface area contributed by atoms with Crippen LogP contribution in [0.15, 0.2) is 18.2 Å². The average Bonchev–Trinajstić information content (AvgIpc) is 2.54. The summed E-state index contributed by atoms with van der Waals surface area (Å²) in [6.45, 7) is 7.72. The molecule has 1 aromatic rings. The Morgan fingerprint density at radius 3 is 2.56 bits per heavy atom. The molecule has 25 heavy (non-hydrogen) atoms. The molecule has 0 bridgehead atoms. The lowest BCUT2D eigenvalue weighted by Gasteiger charge is -2.30. The van der Waals surface area contributed by atoms with E-state index in [2.05, 4.69) is 10.2 Å². The van der Waals surface area contributed by atoms with Crippen molar-refractivity contribution in [1.29, 1.82) is 0 Å². The maximum absolute atomic E-state index is 11.8. The fourth-order valence-electron chi connectivity index (χ4n) is 2.94. The van der Waals surface area contributed by atoms with E-state index in [0.717, 1.165) is 37.2 Å². The Balaban J connectivity index is 2.06. The van der Waals surface area contributed by atoms with E-state index in [-0.39, 0.29) is 10.6 Å². The molecule has 0 aliphatic carbocycles. The van der Waals surface area contributed by atoms with Crippen molar-refractivity contribution in [2.24, 2.45) is 0 Å². The lowest BCUT2D eigenvalue weighted by molar-refractivity contribution is -0.384. The SMILES string of the molecule is CC(C)(C)OC(=O)NCCc1cc([N+](=O)[O-])ccc1N1CCCCC1. The summed E-state index contributed by atoms with van der Waals surface area (Å²) >= 11 is 0. The Bertz CT molecular complexity index is 619. The molecule has 0 aromatic heterocycles. The molecule has 0 unspecified atom stereocenters. The summed E-state index contributed by atoms with van der Waals surface area (Å²) in [5.41, 5.74) is 1.44.